The van der Waals surface area contributed by atoms with Crippen molar-refractivity contribution in [1.82, 2.24) is 0 Å². The zero-order chi connectivity index (χ0) is 22.7. The molecule has 0 aliphatic heterocycles. The smallest absolute Gasteiger partial charge is 0.193 e. The van der Waals surface area contributed by atoms with Crippen LogP contribution in [0.15, 0.2) is 9.47 Å². The Hall–Kier alpha value is 0.724. The summed E-state index contributed by atoms with van der Waals surface area (Å²) in [5.74, 6) is 0.0550. The van der Waals surface area contributed by atoms with E-state index >= 15 is 0 Å². The van der Waals surface area contributed by atoms with Gasteiger partial charge in [0.25, 0.3) is 0 Å². The second-order valence-corrected chi connectivity index (χ2v) is 23.2. The highest BCUT2D eigenvalue weighted by Gasteiger charge is 2.45. The van der Waals surface area contributed by atoms with E-state index < -0.39 is 22.7 Å². The third-order valence-corrected chi connectivity index (χ3v) is 16.1. The Morgan fingerprint density at radius 1 is 0.929 bits per heavy atom. The van der Waals surface area contributed by atoms with E-state index in [1.54, 1.807) is 6.92 Å². The van der Waals surface area contributed by atoms with Crippen LogP contribution in [0, 0.1) is 5.92 Å². The summed E-state index contributed by atoms with van der Waals surface area (Å²) < 4.78 is 14.3. The lowest BCUT2D eigenvalue weighted by Gasteiger charge is -2.44. The molecule has 0 bridgehead atoms. The molecule has 0 aromatic heterocycles. The lowest BCUT2D eigenvalue weighted by atomic mass is 9.94. The molecule has 0 aliphatic carbocycles. The van der Waals surface area contributed by atoms with E-state index in [1.165, 1.54) is 0 Å². The second kappa shape index (κ2) is 10.4. The van der Waals surface area contributed by atoms with Gasteiger partial charge in [0.15, 0.2) is 22.4 Å². The van der Waals surface area contributed by atoms with Crippen LogP contribution in [0.5, 0.6) is 0 Å². The number of hydrogen-bond acceptors (Lipinski definition) is 3. The van der Waals surface area contributed by atoms with E-state index in [0.717, 1.165) is 9.81 Å². The first-order chi connectivity index (χ1) is 12.2. The zero-order valence-corrected chi connectivity index (χ0v) is 25.2. The van der Waals surface area contributed by atoms with Crippen molar-refractivity contribution < 1.29 is 13.6 Å². The van der Waals surface area contributed by atoms with Gasteiger partial charge in [-0.1, -0.05) is 54.5 Å². The van der Waals surface area contributed by atoms with Crippen molar-refractivity contribution >= 4 is 54.3 Å². The molecule has 0 aromatic carbocycles. The molecule has 7 heteroatoms. The Balaban J connectivity index is 5.88. The SMILES string of the molecule is CC(=O)[C@@H](O[Si](C)(C)C(C)(C)C)[C@@H](C)[C@@H](CC=C(Br)Br)O[Si](C)(C)C(C)(C)C. The summed E-state index contributed by atoms with van der Waals surface area (Å²) in [7, 11) is -4.07. The van der Waals surface area contributed by atoms with Gasteiger partial charge in [-0.3, -0.25) is 4.79 Å². The fraction of sp³-hybridized carbons (Fsp3) is 0.857. The molecule has 0 rings (SSSR count). The lowest BCUT2D eigenvalue weighted by molar-refractivity contribution is -0.128. The molecular formula is C21H42Br2O3Si2. The second-order valence-electron chi connectivity index (χ2n) is 10.9. The molecule has 0 radical (unpaired) electrons. The van der Waals surface area contributed by atoms with Crippen molar-refractivity contribution in [1.29, 1.82) is 0 Å². The highest BCUT2D eigenvalue weighted by Crippen LogP contribution is 2.41. The van der Waals surface area contributed by atoms with Gasteiger partial charge in [-0.05, 0) is 81.5 Å². The summed E-state index contributed by atoms with van der Waals surface area (Å²) in [6, 6.07) is 0. The molecule has 0 spiro atoms. The summed E-state index contributed by atoms with van der Waals surface area (Å²) in [6.45, 7) is 26.0. The van der Waals surface area contributed by atoms with Gasteiger partial charge in [-0.15, -0.1) is 0 Å². The molecule has 0 saturated carbocycles. The number of Topliss-reactive ketones (excluding diaryl/α,β-unsaturated/α-hetero) is 1. The van der Waals surface area contributed by atoms with Crippen molar-refractivity contribution in [2.75, 3.05) is 0 Å². The van der Waals surface area contributed by atoms with Gasteiger partial charge in [0.05, 0.1) is 9.50 Å². The van der Waals surface area contributed by atoms with Gasteiger partial charge in [0.2, 0.25) is 0 Å². The Kier molecular flexibility index (Phi) is 10.6. The van der Waals surface area contributed by atoms with Crippen molar-refractivity contribution in [2.45, 2.75) is 110 Å². The largest absolute Gasteiger partial charge is 0.413 e. The van der Waals surface area contributed by atoms with Crippen LogP contribution in [0.1, 0.15) is 61.8 Å². The van der Waals surface area contributed by atoms with Crippen LogP contribution < -0.4 is 0 Å². The van der Waals surface area contributed by atoms with Gasteiger partial charge in [-0.2, -0.15) is 0 Å². The first-order valence-corrected chi connectivity index (χ1v) is 17.5. The van der Waals surface area contributed by atoms with Crippen LogP contribution in [0.4, 0.5) is 0 Å². The molecular weight excluding hydrogens is 516 g/mol. The monoisotopic (exact) mass is 556 g/mol. The Morgan fingerprint density at radius 2 is 1.32 bits per heavy atom. The highest BCUT2D eigenvalue weighted by molar-refractivity contribution is 9.28. The average Bonchev–Trinajstić information content (AvgIpc) is 2.45. The van der Waals surface area contributed by atoms with Crippen molar-refractivity contribution in [3.8, 4) is 0 Å². The van der Waals surface area contributed by atoms with Crippen LogP contribution in [0.25, 0.3) is 0 Å². The van der Waals surface area contributed by atoms with Crippen molar-refractivity contribution in [3.05, 3.63) is 9.47 Å². The number of rotatable bonds is 9. The van der Waals surface area contributed by atoms with Crippen LogP contribution in [0.3, 0.4) is 0 Å². The number of carbonyl (C=O) groups excluding carboxylic acids is 1. The van der Waals surface area contributed by atoms with Crippen LogP contribution in [-0.4, -0.2) is 34.6 Å². The topological polar surface area (TPSA) is 35.5 Å². The third-order valence-electron chi connectivity index (χ3n) is 6.45. The van der Waals surface area contributed by atoms with Crippen LogP contribution in [0.2, 0.25) is 36.3 Å². The van der Waals surface area contributed by atoms with Crippen molar-refractivity contribution in [2.24, 2.45) is 5.92 Å². The first kappa shape index (κ1) is 28.7. The predicted octanol–water partition coefficient (Wildman–Crippen LogP) is 8.01. The Labute approximate surface area is 192 Å². The summed E-state index contributed by atoms with van der Waals surface area (Å²) in [4.78, 5) is 12.6. The minimum atomic E-state index is -2.08. The van der Waals surface area contributed by atoms with E-state index in [1.807, 2.05) is 0 Å². The van der Waals surface area contributed by atoms with Gasteiger partial charge in [0.1, 0.15) is 6.10 Å². The van der Waals surface area contributed by atoms with Crippen LogP contribution >= 0.6 is 31.9 Å². The van der Waals surface area contributed by atoms with Crippen LogP contribution in [-0.2, 0) is 13.6 Å². The van der Waals surface area contributed by atoms with E-state index in [4.69, 9.17) is 8.85 Å². The van der Waals surface area contributed by atoms with E-state index in [9.17, 15) is 4.79 Å². The summed E-state index contributed by atoms with van der Waals surface area (Å²) in [6.07, 6.45) is 2.27. The maximum atomic E-state index is 12.6. The summed E-state index contributed by atoms with van der Waals surface area (Å²) in [5.41, 5.74) is 0. The molecule has 3 nitrogen and oxygen atoms in total. The Bertz CT molecular complexity index is 557. The molecule has 0 aromatic rings. The summed E-state index contributed by atoms with van der Waals surface area (Å²) in [5, 5.41) is 0.154. The molecule has 0 N–H and O–H groups in total. The van der Waals surface area contributed by atoms with E-state index in [-0.39, 0.29) is 27.9 Å². The minimum Gasteiger partial charge on any atom is -0.413 e. The molecule has 0 amide bonds. The normalized spacial score (nSPS) is 17.1. The molecule has 0 heterocycles. The van der Waals surface area contributed by atoms with Gasteiger partial charge in [-0.25, -0.2) is 0 Å². The number of carbonyl (C=O) groups is 1. The van der Waals surface area contributed by atoms with Crippen molar-refractivity contribution in [3.63, 3.8) is 0 Å². The predicted molar refractivity (Wildman–Crippen MR) is 135 cm³/mol. The summed E-state index contributed by atoms with van der Waals surface area (Å²) >= 11 is 6.91. The highest BCUT2D eigenvalue weighted by atomic mass is 79.9. The van der Waals surface area contributed by atoms with E-state index in [0.29, 0.717) is 0 Å². The number of hydrogen-bond donors (Lipinski definition) is 0. The van der Waals surface area contributed by atoms with E-state index in [2.05, 4.69) is 113 Å². The molecule has 0 saturated heterocycles. The quantitative estimate of drug-likeness (QED) is 0.269. The molecule has 166 valence electrons. The average molecular weight is 559 g/mol. The maximum absolute atomic E-state index is 12.6. The van der Waals surface area contributed by atoms with Gasteiger partial charge < -0.3 is 8.85 Å². The molecule has 28 heavy (non-hydrogen) atoms. The molecule has 0 fully saturated rings. The van der Waals surface area contributed by atoms with Gasteiger partial charge >= 0.3 is 0 Å². The maximum Gasteiger partial charge on any atom is 0.193 e. The van der Waals surface area contributed by atoms with Gasteiger partial charge in [0, 0.05) is 5.92 Å². The molecule has 0 unspecified atom stereocenters. The number of halogens is 2. The molecule has 3 atom stereocenters. The zero-order valence-electron chi connectivity index (χ0n) is 20.0. The fourth-order valence-electron chi connectivity index (χ4n) is 2.38. The standard InChI is InChI=1S/C21H42Br2O3Si2/c1-15(19(16(2)24)26-28(11,12)21(6,7)8)17(13-14-18(22)23)25-27(9,10)20(3,4)5/h14-15,17,19H,13H2,1-12H3/t15-,17+,19-/m0/s1. The first-order valence-electron chi connectivity index (χ1n) is 10.1. The minimum absolute atomic E-state index is 0.0312. The third kappa shape index (κ3) is 8.46. The Morgan fingerprint density at radius 3 is 1.64 bits per heavy atom. The lowest BCUT2D eigenvalue weighted by Crippen LogP contribution is -2.52. The number of ketones is 1. The fourth-order valence-corrected chi connectivity index (χ4v) is 5.54. The molecule has 0 aliphatic rings.